The van der Waals surface area contributed by atoms with Crippen LogP contribution in [0.4, 0.5) is 0 Å². The van der Waals surface area contributed by atoms with Crippen LogP contribution in [0.25, 0.3) is 5.57 Å². The molecule has 0 amide bonds. The molecule has 1 fully saturated rings. The Morgan fingerprint density at radius 2 is 1.97 bits per heavy atom. The highest BCUT2D eigenvalue weighted by atomic mass is 35.5. The van der Waals surface area contributed by atoms with Gasteiger partial charge in [0.25, 0.3) is 0 Å². The molecule has 0 bridgehead atoms. The predicted molar refractivity (Wildman–Crippen MR) is 114 cm³/mol. The molecule has 0 aromatic carbocycles. The van der Waals surface area contributed by atoms with Crippen LogP contribution in [0.5, 0.6) is 5.75 Å². The number of hydrogen-bond acceptors (Lipinski definition) is 5. The summed E-state index contributed by atoms with van der Waals surface area (Å²) in [5, 5.41) is 7.62. The molecule has 0 spiro atoms. The van der Waals surface area contributed by atoms with Crippen molar-refractivity contribution in [1.29, 1.82) is 0 Å². The number of aromatic amines is 1. The second-order valence-electron chi connectivity index (χ2n) is 7.57. The summed E-state index contributed by atoms with van der Waals surface area (Å²) in [4.78, 5) is 12.4. The fourth-order valence-corrected chi connectivity index (χ4v) is 4.89. The van der Waals surface area contributed by atoms with Gasteiger partial charge in [0, 0.05) is 22.9 Å². The van der Waals surface area contributed by atoms with E-state index in [1.165, 1.54) is 5.57 Å². The van der Waals surface area contributed by atoms with E-state index in [1.807, 2.05) is 18.4 Å². The Balaban J connectivity index is 1.41. The van der Waals surface area contributed by atoms with Gasteiger partial charge in [0.15, 0.2) is 0 Å². The molecule has 1 saturated carbocycles. The van der Waals surface area contributed by atoms with Crippen LogP contribution in [-0.4, -0.2) is 28.8 Å². The largest absolute Gasteiger partial charge is 0.489 e. The predicted octanol–water partition coefficient (Wildman–Crippen LogP) is 3.04. The van der Waals surface area contributed by atoms with Crippen LogP contribution in [0.1, 0.15) is 36.9 Å². The Bertz CT molecular complexity index is 1110. The zero-order valence-electron chi connectivity index (χ0n) is 15.8. The van der Waals surface area contributed by atoms with Gasteiger partial charge in [0.05, 0.1) is 53.0 Å². The number of halogens is 2. The molecular weight excluding hydrogens is 409 g/mol. The standard InChI is InChI=1S/C21H21Cl2N5O/c22-13-7-15(9-24-8-13)29-14-3-1-12(2-4-14)19-17(23)5-6-25-20-16-10-26-27-11-18(16)28-21(19)20/h5,7-9,11-12,14,26,28H,1-4,6,10H2. The van der Waals surface area contributed by atoms with E-state index in [1.54, 1.807) is 12.4 Å². The second-order valence-corrected chi connectivity index (χ2v) is 8.41. The van der Waals surface area contributed by atoms with Crippen LogP contribution < -0.4 is 20.9 Å². The van der Waals surface area contributed by atoms with Crippen LogP contribution in [0, 0.1) is 5.92 Å². The number of allylic oxidation sites excluding steroid dienone is 1. The Kier molecular flexibility index (Phi) is 5.06. The van der Waals surface area contributed by atoms with E-state index in [-0.39, 0.29) is 6.10 Å². The van der Waals surface area contributed by atoms with Gasteiger partial charge in [0.1, 0.15) is 5.75 Å². The molecule has 6 nitrogen and oxygen atoms in total. The summed E-state index contributed by atoms with van der Waals surface area (Å²) in [6.45, 7) is 1.28. The second kappa shape index (κ2) is 7.84. The number of hydrogen-bond donors (Lipinski definition) is 2. The lowest BCUT2D eigenvalue weighted by atomic mass is 9.82. The SMILES string of the molecule is ClC1=CCN=c2c3c([nH]c2=C1C1CCC(Oc2cncc(Cl)c2)CC1)C=NNC3. The maximum Gasteiger partial charge on any atom is 0.139 e. The summed E-state index contributed by atoms with van der Waals surface area (Å²) in [7, 11) is 0. The number of pyridine rings is 1. The number of H-pyrrole nitrogens is 1. The quantitative estimate of drug-likeness (QED) is 0.786. The first-order valence-corrected chi connectivity index (χ1v) is 10.6. The van der Waals surface area contributed by atoms with Crippen molar-refractivity contribution in [1.82, 2.24) is 15.4 Å². The highest BCUT2D eigenvalue weighted by Crippen LogP contribution is 2.36. The van der Waals surface area contributed by atoms with Crippen LogP contribution in [0.3, 0.4) is 0 Å². The Hall–Kier alpha value is -2.31. The molecule has 2 aromatic heterocycles. The smallest absolute Gasteiger partial charge is 0.139 e. The van der Waals surface area contributed by atoms with E-state index in [0.29, 0.717) is 24.0 Å². The van der Waals surface area contributed by atoms with Gasteiger partial charge in [-0.3, -0.25) is 9.98 Å². The molecule has 0 radical (unpaired) electrons. The van der Waals surface area contributed by atoms with Crippen molar-refractivity contribution in [3.63, 3.8) is 0 Å². The third-order valence-electron chi connectivity index (χ3n) is 5.76. The number of hydrazone groups is 1. The lowest BCUT2D eigenvalue weighted by Crippen LogP contribution is -2.33. The van der Waals surface area contributed by atoms with Crippen LogP contribution in [0.2, 0.25) is 5.02 Å². The number of rotatable bonds is 3. The maximum absolute atomic E-state index is 6.74. The molecule has 2 aliphatic heterocycles. The Morgan fingerprint density at radius 1 is 1.10 bits per heavy atom. The lowest BCUT2D eigenvalue weighted by molar-refractivity contribution is 0.142. The Morgan fingerprint density at radius 3 is 2.79 bits per heavy atom. The average molecular weight is 430 g/mol. The van der Waals surface area contributed by atoms with Gasteiger partial charge in [-0.15, -0.1) is 0 Å². The molecule has 2 aromatic rings. The summed E-state index contributed by atoms with van der Waals surface area (Å²) in [5.74, 6) is 1.10. The van der Waals surface area contributed by atoms with Crippen LogP contribution in [0.15, 0.2) is 39.7 Å². The van der Waals surface area contributed by atoms with E-state index in [9.17, 15) is 0 Å². The normalized spacial score (nSPS) is 23.2. The summed E-state index contributed by atoms with van der Waals surface area (Å²) in [6, 6.07) is 1.81. The van der Waals surface area contributed by atoms with Gasteiger partial charge in [-0.25, -0.2) is 0 Å². The van der Waals surface area contributed by atoms with Crippen molar-refractivity contribution in [2.24, 2.45) is 16.0 Å². The number of nitrogens with one attached hydrogen (secondary N) is 2. The van der Waals surface area contributed by atoms with Gasteiger partial charge < -0.3 is 15.1 Å². The maximum atomic E-state index is 6.74. The first kappa shape index (κ1) is 18.7. The van der Waals surface area contributed by atoms with Gasteiger partial charge >= 0.3 is 0 Å². The molecule has 5 rings (SSSR count). The topological polar surface area (TPSA) is 74.7 Å². The van der Waals surface area contributed by atoms with Crippen molar-refractivity contribution in [2.75, 3.05) is 6.54 Å². The molecular formula is C21H21Cl2N5O. The van der Waals surface area contributed by atoms with Crippen LogP contribution >= 0.6 is 23.2 Å². The van der Waals surface area contributed by atoms with Gasteiger partial charge in [-0.1, -0.05) is 23.2 Å². The van der Waals surface area contributed by atoms with Crippen molar-refractivity contribution < 1.29 is 4.74 Å². The number of fused-ring (bicyclic) bond motifs is 3. The average Bonchev–Trinajstić information content (AvgIpc) is 2.99. The summed E-state index contributed by atoms with van der Waals surface area (Å²) < 4.78 is 6.10. The zero-order valence-corrected chi connectivity index (χ0v) is 17.3. The highest BCUT2D eigenvalue weighted by Gasteiger charge is 2.28. The van der Waals surface area contributed by atoms with Gasteiger partial charge in [-0.05, 0) is 43.3 Å². The van der Waals surface area contributed by atoms with E-state index in [2.05, 4.69) is 20.5 Å². The van der Waals surface area contributed by atoms with Gasteiger partial charge in [-0.2, -0.15) is 5.10 Å². The summed E-state index contributed by atoms with van der Waals surface area (Å²) in [5.41, 5.74) is 6.39. The lowest BCUT2D eigenvalue weighted by Gasteiger charge is -2.30. The highest BCUT2D eigenvalue weighted by molar-refractivity contribution is 6.35. The molecule has 0 unspecified atom stereocenters. The summed E-state index contributed by atoms with van der Waals surface area (Å²) in [6.07, 6.45) is 11.3. The van der Waals surface area contributed by atoms with E-state index >= 15 is 0 Å². The fourth-order valence-electron chi connectivity index (χ4n) is 4.41. The van der Waals surface area contributed by atoms with E-state index in [4.69, 9.17) is 32.9 Å². The molecule has 2 N–H and O–H groups in total. The Labute approximate surface area is 178 Å². The molecule has 29 heavy (non-hydrogen) atoms. The van der Waals surface area contributed by atoms with Crippen LogP contribution in [-0.2, 0) is 6.54 Å². The summed E-state index contributed by atoms with van der Waals surface area (Å²) >= 11 is 12.8. The molecule has 0 saturated heterocycles. The molecule has 1 aliphatic carbocycles. The minimum Gasteiger partial charge on any atom is -0.489 e. The minimum atomic E-state index is 0.165. The van der Waals surface area contributed by atoms with E-state index in [0.717, 1.165) is 58.4 Å². The van der Waals surface area contributed by atoms with Crippen molar-refractivity contribution in [3.05, 3.63) is 56.6 Å². The first-order chi connectivity index (χ1) is 14.2. The fraction of sp³-hybridized carbons (Fsp3) is 0.381. The molecule has 0 atom stereocenters. The van der Waals surface area contributed by atoms with Gasteiger partial charge in [0.2, 0.25) is 0 Å². The van der Waals surface area contributed by atoms with Crippen molar-refractivity contribution in [2.45, 2.75) is 38.3 Å². The monoisotopic (exact) mass is 429 g/mol. The minimum absolute atomic E-state index is 0.165. The number of aromatic nitrogens is 2. The van der Waals surface area contributed by atoms with Crippen molar-refractivity contribution >= 4 is 35.0 Å². The molecule has 3 aliphatic rings. The molecule has 150 valence electrons. The van der Waals surface area contributed by atoms with Crippen molar-refractivity contribution in [3.8, 4) is 5.75 Å². The number of nitrogens with zero attached hydrogens (tertiary/aromatic N) is 3. The first-order valence-electron chi connectivity index (χ1n) is 9.87. The number of ether oxygens (including phenoxy) is 1. The zero-order chi connectivity index (χ0) is 19.8. The van der Waals surface area contributed by atoms with E-state index < -0.39 is 0 Å². The molecule has 4 heterocycles. The third kappa shape index (κ3) is 3.67. The molecule has 8 heteroatoms. The third-order valence-corrected chi connectivity index (χ3v) is 6.32.